The summed E-state index contributed by atoms with van der Waals surface area (Å²) >= 11 is 1.27. The number of benzene rings is 1. The number of carbonyl (C=O) groups is 1. The monoisotopic (exact) mass is 308 g/mol. The Morgan fingerprint density at radius 3 is 3.05 bits per heavy atom. The molecule has 0 unspecified atom stereocenters. The molecule has 4 nitrogen and oxygen atoms in total. The second kappa shape index (κ2) is 5.99. The van der Waals surface area contributed by atoms with E-state index in [9.17, 15) is 9.18 Å². The van der Waals surface area contributed by atoms with Crippen molar-refractivity contribution in [2.45, 2.75) is 12.8 Å². The van der Waals surface area contributed by atoms with Gasteiger partial charge in [0, 0.05) is 23.2 Å². The molecule has 6 heteroatoms. The first kappa shape index (κ1) is 14.3. The van der Waals surface area contributed by atoms with Gasteiger partial charge in [-0.3, -0.25) is 4.79 Å². The van der Waals surface area contributed by atoms with Gasteiger partial charge in [0.05, 0.1) is 12.3 Å². The van der Waals surface area contributed by atoms with Crippen LogP contribution in [0.1, 0.15) is 22.5 Å². The Balaban J connectivity index is 1.59. The number of fused-ring (bicyclic) bond motifs is 1. The maximum absolute atomic E-state index is 13.2. The zero-order valence-electron chi connectivity index (χ0n) is 11.5. The standard InChI is InChI=1S/C15H17FN2O2S/c16-10-3-4-12-11(7-10)13(17)14(21-12)15(19)18-5-6-20-8-9-1-2-9/h3-4,7,9H,1-2,5-6,8,17H2,(H,18,19). The molecule has 0 atom stereocenters. The number of nitrogens with one attached hydrogen (secondary N) is 1. The molecule has 0 radical (unpaired) electrons. The largest absolute Gasteiger partial charge is 0.397 e. The van der Waals surface area contributed by atoms with Gasteiger partial charge < -0.3 is 15.8 Å². The van der Waals surface area contributed by atoms with Crippen LogP contribution in [0.5, 0.6) is 0 Å². The molecule has 0 bridgehead atoms. The summed E-state index contributed by atoms with van der Waals surface area (Å²) in [5.41, 5.74) is 6.28. The molecule has 0 aliphatic heterocycles. The summed E-state index contributed by atoms with van der Waals surface area (Å²) in [6, 6.07) is 4.36. The van der Waals surface area contributed by atoms with Crippen molar-refractivity contribution in [1.29, 1.82) is 0 Å². The molecule has 1 aliphatic rings. The first-order valence-corrected chi connectivity index (χ1v) is 7.80. The quantitative estimate of drug-likeness (QED) is 0.807. The number of amides is 1. The molecule has 2 aromatic rings. The average molecular weight is 308 g/mol. The summed E-state index contributed by atoms with van der Waals surface area (Å²) in [5.74, 6) is 0.130. The number of hydrogen-bond acceptors (Lipinski definition) is 4. The summed E-state index contributed by atoms with van der Waals surface area (Å²) in [7, 11) is 0. The Kier molecular flexibility index (Phi) is 4.07. The Labute approximate surface area is 126 Å². The van der Waals surface area contributed by atoms with Crippen molar-refractivity contribution < 1.29 is 13.9 Å². The zero-order valence-corrected chi connectivity index (χ0v) is 12.3. The fraction of sp³-hybridized carbons (Fsp3) is 0.400. The van der Waals surface area contributed by atoms with Crippen LogP contribution in [0.4, 0.5) is 10.1 Å². The van der Waals surface area contributed by atoms with Gasteiger partial charge in [-0.1, -0.05) is 0 Å². The number of nitrogens with two attached hydrogens (primary N) is 1. The molecule has 1 aliphatic carbocycles. The maximum atomic E-state index is 13.2. The van der Waals surface area contributed by atoms with E-state index < -0.39 is 0 Å². The van der Waals surface area contributed by atoms with E-state index in [0.717, 1.165) is 11.3 Å². The van der Waals surface area contributed by atoms with Crippen LogP contribution < -0.4 is 11.1 Å². The fourth-order valence-electron chi connectivity index (χ4n) is 2.11. The van der Waals surface area contributed by atoms with Crippen molar-refractivity contribution in [3.63, 3.8) is 0 Å². The molecule has 1 aromatic carbocycles. The highest BCUT2D eigenvalue weighted by Gasteiger charge is 2.21. The Morgan fingerprint density at radius 2 is 2.29 bits per heavy atom. The average Bonchev–Trinajstić information content (AvgIpc) is 3.23. The van der Waals surface area contributed by atoms with Gasteiger partial charge in [0.2, 0.25) is 0 Å². The molecule has 1 aromatic heterocycles. The van der Waals surface area contributed by atoms with Crippen molar-refractivity contribution >= 4 is 33.0 Å². The number of nitrogen functional groups attached to an aromatic ring is 1. The van der Waals surface area contributed by atoms with Crippen LogP contribution in [0.3, 0.4) is 0 Å². The molecular weight excluding hydrogens is 291 g/mol. The number of rotatable bonds is 6. The molecule has 0 spiro atoms. The fourth-order valence-corrected chi connectivity index (χ4v) is 3.13. The van der Waals surface area contributed by atoms with Crippen molar-refractivity contribution in [3.05, 3.63) is 28.9 Å². The Hall–Kier alpha value is -1.66. The number of halogens is 1. The SMILES string of the molecule is Nc1c(C(=O)NCCOCC2CC2)sc2ccc(F)cc12. The smallest absolute Gasteiger partial charge is 0.263 e. The number of anilines is 1. The van der Waals surface area contributed by atoms with Crippen molar-refractivity contribution in [1.82, 2.24) is 5.32 Å². The third-order valence-electron chi connectivity index (χ3n) is 3.48. The summed E-state index contributed by atoms with van der Waals surface area (Å²) < 4.78 is 19.5. The third kappa shape index (κ3) is 3.33. The van der Waals surface area contributed by atoms with Crippen LogP contribution in [0.2, 0.25) is 0 Å². The second-order valence-corrected chi connectivity index (χ2v) is 6.31. The minimum absolute atomic E-state index is 0.232. The molecule has 3 N–H and O–H groups in total. The van der Waals surface area contributed by atoms with Gasteiger partial charge in [-0.2, -0.15) is 0 Å². The molecule has 1 fully saturated rings. The lowest BCUT2D eigenvalue weighted by molar-refractivity contribution is 0.0911. The van der Waals surface area contributed by atoms with Crippen molar-refractivity contribution in [3.8, 4) is 0 Å². The van der Waals surface area contributed by atoms with Gasteiger partial charge >= 0.3 is 0 Å². The second-order valence-electron chi connectivity index (χ2n) is 5.26. The Morgan fingerprint density at radius 1 is 1.48 bits per heavy atom. The van der Waals surface area contributed by atoms with E-state index in [4.69, 9.17) is 10.5 Å². The minimum atomic E-state index is -0.354. The van der Waals surface area contributed by atoms with E-state index in [-0.39, 0.29) is 11.7 Å². The summed E-state index contributed by atoms with van der Waals surface area (Å²) in [6.45, 7) is 1.73. The zero-order chi connectivity index (χ0) is 14.8. The van der Waals surface area contributed by atoms with Crippen molar-refractivity contribution in [2.24, 2.45) is 5.92 Å². The summed E-state index contributed by atoms with van der Waals surface area (Å²) in [4.78, 5) is 12.5. The topological polar surface area (TPSA) is 64.4 Å². The molecule has 1 saturated carbocycles. The number of thiophene rings is 1. The van der Waals surface area contributed by atoms with Crippen LogP contribution >= 0.6 is 11.3 Å². The van der Waals surface area contributed by atoms with E-state index in [1.165, 1.54) is 36.3 Å². The minimum Gasteiger partial charge on any atom is -0.397 e. The maximum Gasteiger partial charge on any atom is 0.263 e. The normalized spacial score (nSPS) is 14.5. The first-order chi connectivity index (χ1) is 10.1. The number of ether oxygens (including phenoxy) is 1. The lowest BCUT2D eigenvalue weighted by Gasteiger charge is -2.05. The van der Waals surface area contributed by atoms with Gasteiger partial charge in [-0.05, 0) is 37.0 Å². The van der Waals surface area contributed by atoms with E-state index >= 15 is 0 Å². The lowest BCUT2D eigenvalue weighted by Crippen LogP contribution is -2.27. The summed E-state index contributed by atoms with van der Waals surface area (Å²) in [5, 5.41) is 3.37. The van der Waals surface area contributed by atoms with E-state index in [2.05, 4.69) is 5.32 Å². The molecule has 3 rings (SSSR count). The highest BCUT2D eigenvalue weighted by atomic mass is 32.1. The van der Waals surface area contributed by atoms with Crippen LogP contribution in [0.15, 0.2) is 18.2 Å². The predicted octanol–water partition coefficient (Wildman–Crippen LogP) is 2.78. The van der Waals surface area contributed by atoms with Crippen LogP contribution in [-0.2, 0) is 4.74 Å². The van der Waals surface area contributed by atoms with E-state index in [1.54, 1.807) is 6.07 Å². The number of hydrogen-bond donors (Lipinski definition) is 2. The van der Waals surface area contributed by atoms with Crippen LogP contribution in [0.25, 0.3) is 10.1 Å². The van der Waals surface area contributed by atoms with Crippen molar-refractivity contribution in [2.75, 3.05) is 25.5 Å². The molecule has 0 saturated heterocycles. The molecular formula is C15H17FN2O2S. The molecule has 1 amide bonds. The van der Waals surface area contributed by atoms with Crippen LogP contribution in [-0.4, -0.2) is 25.7 Å². The van der Waals surface area contributed by atoms with E-state index in [1.807, 2.05) is 0 Å². The highest BCUT2D eigenvalue weighted by molar-refractivity contribution is 7.21. The van der Waals surface area contributed by atoms with Crippen LogP contribution in [0, 0.1) is 11.7 Å². The molecule has 1 heterocycles. The predicted molar refractivity (Wildman–Crippen MR) is 82.1 cm³/mol. The molecule has 21 heavy (non-hydrogen) atoms. The highest BCUT2D eigenvalue weighted by Crippen LogP contribution is 2.33. The van der Waals surface area contributed by atoms with Gasteiger partial charge in [-0.15, -0.1) is 11.3 Å². The third-order valence-corrected chi connectivity index (χ3v) is 4.66. The summed E-state index contributed by atoms with van der Waals surface area (Å²) in [6.07, 6.45) is 2.50. The van der Waals surface area contributed by atoms with Gasteiger partial charge in [0.1, 0.15) is 10.7 Å². The van der Waals surface area contributed by atoms with Gasteiger partial charge in [0.15, 0.2) is 0 Å². The lowest BCUT2D eigenvalue weighted by atomic mass is 10.2. The van der Waals surface area contributed by atoms with Gasteiger partial charge in [-0.25, -0.2) is 4.39 Å². The molecule has 112 valence electrons. The number of carbonyl (C=O) groups excluding carboxylic acids is 1. The van der Waals surface area contributed by atoms with Gasteiger partial charge in [0.25, 0.3) is 5.91 Å². The van der Waals surface area contributed by atoms with E-state index in [0.29, 0.717) is 35.0 Å². The Bertz CT molecular complexity index is 667. The first-order valence-electron chi connectivity index (χ1n) is 6.98.